The number of likely N-dealkylation sites (N-methyl/N-ethyl adjacent to an activating group) is 1. The Bertz CT molecular complexity index is 453. The SMILES string of the molecule is CC(=O)[C@@H](CN1CC[C@H](N(C)C)C1)c1ccc(C)cc1. The van der Waals surface area contributed by atoms with Crippen molar-refractivity contribution in [3.05, 3.63) is 35.4 Å². The highest BCUT2D eigenvalue weighted by atomic mass is 16.1. The molecule has 0 amide bonds. The summed E-state index contributed by atoms with van der Waals surface area (Å²) in [5, 5.41) is 0. The Labute approximate surface area is 122 Å². The molecule has 3 heteroatoms. The fourth-order valence-corrected chi connectivity index (χ4v) is 2.93. The topological polar surface area (TPSA) is 23.6 Å². The third-order valence-corrected chi connectivity index (χ3v) is 4.39. The molecule has 0 saturated carbocycles. The average molecular weight is 274 g/mol. The van der Waals surface area contributed by atoms with Crippen LogP contribution in [0.4, 0.5) is 0 Å². The van der Waals surface area contributed by atoms with Gasteiger partial charge in [-0.05, 0) is 46.5 Å². The summed E-state index contributed by atoms with van der Waals surface area (Å²) in [6.07, 6.45) is 1.20. The van der Waals surface area contributed by atoms with Gasteiger partial charge in [0.2, 0.25) is 0 Å². The molecule has 0 bridgehead atoms. The van der Waals surface area contributed by atoms with Gasteiger partial charge in [-0.25, -0.2) is 0 Å². The third-order valence-electron chi connectivity index (χ3n) is 4.39. The monoisotopic (exact) mass is 274 g/mol. The first kappa shape index (κ1) is 15.2. The summed E-state index contributed by atoms with van der Waals surface area (Å²) in [4.78, 5) is 16.7. The highest BCUT2D eigenvalue weighted by Crippen LogP contribution is 2.22. The first-order chi connectivity index (χ1) is 9.47. The lowest BCUT2D eigenvalue weighted by Gasteiger charge is -2.24. The third kappa shape index (κ3) is 3.68. The zero-order valence-corrected chi connectivity index (χ0v) is 13.1. The van der Waals surface area contributed by atoms with E-state index in [2.05, 4.69) is 55.1 Å². The molecular formula is C17H26N2O. The van der Waals surface area contributed by atoms with Crippen LogP contribution in [0, 0.1) is 6.92 Å². The standard InChI is InChI=1S/C17H26N2O/c1-13-5-7-15(8-6-13)17(14(2)20)12-19-10-9-16(11-19)18(3)4/h5-8,16-17H,9-12H2,1-4H3/t16-,17+/m0/s1. The van der Waals surface area contributed by atoms with E-state index in [4.69, 9.17) is 0 Å². The van der Waals surface area contributed by atoms with Crippen LogP contribution >= 0.6 is 0 Å². The number of likely N-dealkylation sites (tertiary alicyclic amines) is 1. The van der Waals surface area contributed by atoms with Crippen molar-refractivity contribution in [1.82, 2.24) is 9.80 Å². The Balaban J connectivity index is 2.04. The summed E-state index contributed by atoms with van der Waals surface area (Å²) in [6.45, 7) is 6.81. The number of benzene rings is 1. The van der Waals surface area contributed by atoms with Crippen LogP contribution in [0.15, 0.2) is 24.3 Å². The molecule has 0 aliphatic carbocycles. The molecule has 1 aliphatic rings. The number of ketones is 1. The average Bonchev–Trinajstić information content (AvgIpc) is 2.86. The van der Waals surface area contributed by atoms with E-state index in [0.717, 1.165) is 25.2 Å². The van der Waals surface area contributed by atoms with Gasteiger partial charge in [-0.15, -0.1) is 0 Å². The van der Waals surface area contributed by atoms with Crippen molar-refractivity contribution in [2.24, 2.45) is 0 Å². The number of nitrogens with zero attached hydrogens (tertiary/aromatic N) is 2. The maximum absolute atomic E-state index is 12.0. The van der Waals surface area contributed by atoms with Crippen LogP contribution in [0.1, 0.15) is 30.4 Å². The molecule has 0 aromatic heterocycles. The van der Waals surface area contributed by atoms with Crippen LogP contribution in [0.2, 0.25) is 0 Å². The maximum atomic E-state index is 12.0. The van der Waals surface area contributed by atoms with Crippen molar-refractivity contribution in [1.29, 1.82) is 0 Å². The molecule has 1 heterocycles. The van der Waals surface area contributed by atoms with Gasteiger partial charge in [-0.1, -0.05) is 29.8 Å². The molecule has 2 atom stereocenters. The van der Waals surface area contributed by atoms with E-state index >= 15 is 0 Å². The van der Waals surface area contributed by atoms with Crippen molar-refractivity contribution in [2.75, 3.05) is 33.7 Å². The molecule has 2 rings (SSSR count). The second kappa shape index (κ2) is 6.51. The van der Waals surface area contributed by atoms with Crippen LogP contribution in [0.5, 0.6) is 0 Å². The van der Waals surface area contributed by atoms with E-state index < -0.39 is 0 Å². The Hall–Kier alpha value is -1.19. The fourth-order valence-electron chi connectivity index (χ4n) is 2.93. The zero-order valence-electron chi connectivity index (χ0n) is 13.1. The maximum Gasteiger partial charge on any atom is 0.138 e. The van der Waals surface area contributed by atoms with Gasteiger partial charge in [-0.3, -0.25) is 4.79 Å². The smallest absolute Gasteiger partial charge is 0.138 e. The lowest BCUT2D eigenvalue weighted by molar-refractivity contribution is -0.118. The molecule has 3 nitrogen and oxygen atoms in total. The Kier molecular flexibility index (Phi) is 4.95. The van der Waals surface area contributed by atoms with Crippen molar-refractivity contribution >= 4 is 5.78 Å². The van der Waals surface area contributed by atoms with Crippen molar-refractivity contribution in [3.63, 3.8) is 0 Å². The lowest BCUT2D eigenvalue weighted by Crippen LogP contribution is -2.34. The molecule has 1 fully saturated rings. The van der Waals surface area contributed by atoms with Crippen LogP contribution in [-0.4, -0.2) is 55.4 Å². The molecule has 0 spiro atoms. The molecule has 0 unspecified atom stereocenters. The Morgan fingerprint density at radius 1 is 1.35 bits per heavy atom. The van der Waals surface area contributed by atoms with Gasteiger partial charge in [0, 0.05) is 19.1 Å². The molecule has 1 aliphatic heterocycles. The van der Waals surface area contributed by atoms with Crippen LogP contribution in [-0.2, 0) is 4.79 Å². The number of hydrogen-bond donors (Lipinski definition) is 0. The van der Waals surface area contributed by atoms with Crippen LogP contribution in [0.25, 0.3) is 0 Å². The molecule has 0 radical (unpaired) electrons. The Morgan fingerprint density at radius 2 is 2.00 bits per heavy atom. The van der Waals surface area contributed by atoms with Crippen LogP contribution in [0.3, 0.4) is 0 Å². The molecule has 1 saturated heterocycles. The summed E-state index contributed by atoms with van der Waals surface area (Å²) in [5.74, 6) is 0.277. The van der Waals surface area contributed by atoms with E-state index in [1.807, 2.05) is 0 Å². The molecule has 1 aromatic rings. The summed E-state index contributed by atoms with van der Waals surface area (Å²) in [7, 11) is 4.27. The van der Waals surface area contributed by atoms with Gasteiger partial charge >= 0.3 is 0 Å². The predicted molar refractivity (Wildman–Crippen MR) is 83.1 cm³/mol. The second-order valence-electron chi connectivity index (χ2n) is 6.24. The highest BCUT2D eigenvalue weighted by Gasteiger charge is 2.27. The number of hydrogen-bond acceptors (Lipinski definition) is 3. The zero-order chi connectivity index (χ0) is 14.7. The minimum Gasteiger partial charge on any atom is -0.305 e. The number of rotatable bonds is 5. The molecular weight excluding hydrogens is 248 g/mol. The summed E-state index contributed by atoms with van der Waals surface area (Å²) >= 11 is 0. The fraction of sp³-hybridized carbons (Fsp3) is 0.588. The van der Waals surface area contributed by atoms with E-state index in [9.17, 15) is 4.79 Å². The number of carbonyl (C=O) groups is 1. The first-order valence-electron chi connectivity index (χ1n) is 7.43. The van der Waals surface area contributed by atoms with Crippen molar-refractivity contribution < 1.29 is 4.79 Å². The quantitative estimate of drug-likeness (QED) is 0.823. The lowest BCUT2D eigenvalue weighted by atomic mass is 9.94. The summed E-state index contributed by atoms with van der Waals surface area (Å²) in [6, 6.07) is 9.01. The van der Waals surface area contributed by atoms with Gasteiger partial charge in [0.15, 0.2) is 0 Å². The number of Topliss-reactive ketones (excluding diaryl/α,β-unsaturated/α-hetero) is 1. The summed E-state index contributed by atoms with van der Waals surface area (Å²) in [5.41, 5.74) is 2.39. The molecule has 0 N–H and O–H groups in total. The van der Waals surface area contributed by atoms with Gasteiger partial charge < -0.3 is 9.80 Å². The van der Waals surface area contributed by atoms with Crippen molar-refractivity contribution in [3.8, 4) is 0 Å². The number of carbonyl (C=O) groups excluding carboxylic acids is 1. The highest BCUT2D eigenvalue weighted by molar-refractivity contribution is 5.83. The van der Waals surface area contributed by atoms with Crippen LogP contribution < -0.4 is 0 Å². The van der Waals surface area contributed by atoms with Gasteiger partial charge in [0.05, 0.1) is 5.92 Å². The molecule has 110 valence electrons. The second-order valence-corrected chi connectivity index (χ2v) is 6.24. The minimum atomic E-state index is 0.0107. The number of aryl methyl sites for hydroxylation is 1. The minimum absolute atomic E-state index is 0.0107. The van der Waals surface area contributed by atoms with Gasteiger partial charge in [0.25, 0.3) is 0 Å². The molecule has 1 aromatic carbocycles. The largest absolute Gasteiger partial charge is 0.305 e. The first-order valence-corrected chi connectivity index (χ1v) is 7.43. The van der Waals surface area contributed by atoms with E-state index in [-0.39, 0.29) is 11.7 Å². The van der Waals surface area contributed by atoms with E-state index in [1.54, 1.807) is 6.92 Å². The van der Waals surface area contributed by atoms with Crippen molar-refractivity contribution in [2.45, 2.75) is 32.2 Å². The van der Waals surface area contributed by atoms with Gasteiger partial charge in [-0.2, -0.15) is 0 Å². The normalized spacial score (nSPS) is 21.4. The predicted octanol–water partition coefficient (Wildman–Crippen LogP) is 2.30. The van der Waals surface area contributed by atoms with E-state index in [0.29, 0.717) is 6.04 Å². The summed E-state index contributed by atoms with van der Waals surface area (Å²) < 4.78 is 0. The molecule has 20 heavy (non-hydrogen) atoms. The van der Waals surface area contributed by atoms with Gasteiger partial charge in [0.1, 0.15) is 5.78 Å². The Morgan fingerprint density at radius 3 is 2.50 bits per heavy atom. The van der Waals surface area contributed by atoms with E-state index in [1.165, 1.54) is 12.0 Å².